The number of carbonyl (C=O) groups is 1. The minimum absolute atomic E-state index is 0.0333. The number of methoxy groups -OCH3 is 1. The molecular formula is C20H30N2O5S. The maximum atomic E-state index is 12.1. The van der Waals surface area contributed by atoms with Crippen LogP contribution in [0.15, 0.2) is 29.2 Å². The zero-order valence-electron chi connectivity index (χ0n) is 16.6. The predicted octanol–water partition coefficient (Wildman–Crippen LogP) is 1.37. The highest BCUT2D eigenvalue weighted by Crippen LogP contribution is 2.35. The molecule has 0 bridgehead atoms. The number of benzene rings is 1. The van der Waals surface area contributed by atoms with Crippen molar-refractivity contribution in [1.29, 1.82) is 0 Å². The van der Waals surface area contributed by atoms with Crippen LogP contribution < -0.4 is 5.32 Å². The van der Waals surface area contributed by atoms with E-state index in [1.807, 2.05) is 6.07 Å². The first-order valence-corrected chi connectivity index (χ1v) is 11.7. The molecule has 1 aromatic rings. The second-order valence-electron chi connectivity index (χ2n) is 7.84. The van der Waals surface area contributed by atoms with E-state index >= 15 is 0 Å². The molecule has 1 saturated carbocycles. The fourth-order valence-corrected chi connectivity index (χ4v) is 4.98. The molecule has 156 valence electrons. The Morgan fingerprint density at radius 2 is 2.21 bits per heavy atom. The number of rotatable bonds is 6. The van der Waals surface area contributed by atoms with Crippen molar-refractivity contribution >= 4 is 15.7 Å². The smallest absolute Gasteiger partial charge is 0.246 e. The maximum absolute atomic E-state index is 12.1. The summed E-state index contributed by atoms with van der Waals surface area (Å²) in [6, 6.07) is 7.08. The molecule has 1 aliphatic carbocycles. The molecule has 3 rings (SSSR count). The van der Waals surface area contributed by atoms with Crippen molar-refractivity contribution in [3.05, 3.63) is 29.8 Å². The van der Waals surface area contributed by atoms with Crippen molar-refractivity contribution in [3.63, 3.8) is 0 Å². The molecule has 28 heavy (non-hydrogen) atoms. The quantitative estimate of drug-likeness (QED) is 0.762. The highest BCUT2D eigenvalue weighted by Gasteiger charge is 2.45. The second-order valence-corrected chi connectivity index (χ2v) is 9.86. The summed E-state index contributed by atoms with van der Waals surface area (Å²) in [7, 11) is -1.71. The van der Waals surface area contributed by atoms with Crippen molar-refractivity contribution in [2.45, 2.75) is 48.8 Å². The van der Waals surface area contributed by atoms with Gasteiger partial charge >= 0.3 is 0 Å². The molecule has 1 aliphatic heterocycles. The zero-order valence-corrected chi connectivity index (χ0v) is 17.5. The van der Waals surface area contributed by atoms with Gasteiger partial charge in [0, 0.05) is 33.0 Å². The predicted molar refractivity (Wildman–Crippen MR) is 106 cm³/mol. The molecule has 2 unspecified atom stereocenters. The van der Waals surface area contributed by atoms with E-state index in [9.17, 15) is 13.2 Å². The van der Waals surface area contributed by atoms with E-state index in [0.29, 0.717) is 24.6 Å². The van der Waals surface area contributed by atoms with Crippen LogP contribution >= 0.6 is 0 Å². The highest BCUT2D eigenvalue weighted by atomic mass is 32.2. The Labute approximate surface area is 167 Å². The van der Waals surface area contributed by atoms with Crippen molar-refractivity contribution in [1.82, 2.24) is 10.2 Å². The zero-order chi connectivity index (χ0) is 20.2. The van der Waals surface area contributed by atoms with Gasteiger partial charge in [-0.05, 0) is 30.5 Å². The van der Waals surface area contributed by atoms with Gasteiger partial charge < -0.3 is 14.8 Å². The van der Waals surface area contributed by atoms with Gasteiger partial charge in [0.2, 0.25) is 5.91 Å². The fraction of sp³-hybridized carbons (Fsp3) is 0.650. The molecule has 1 N–H and O–H groups in total. The summed E-state index contributed by atoms with van der Waals surface area (Å²) in [5.74, 6) is -0.115. The third-order valence-electron chi connectivity index (χ3n) is 5.61. The lowest BCUT2D eigenvalue weighted by atomic mass is 9.78. The minimum Gasteiger partial charge on any atom is -0.375 e. The summed E-state index contributed by atoms with van der Waals surface area (Å²) in [5.41, 5.74) is 0.574. The normalized spacial score (nSPS) is 26.3. The van der Waals surface area contributed by atoms with Crippen molar-refractivity contribution in [3.8, 4) is 0 Å². The molecule has 0 radical (unpaired) electrons. The summed E-state index contributed by atoms with van der Waals surface area (Å²) in [6.45, 7) is 2.81. The molecule has 1 aromatic carbocycles. The third kappa shape index (κ3) is 5.11. The average molecular weight is 411 g/mol. The number of amides is 1. The molecule has 2 aliphatic rings. The lowest BCUT2D eigenvalue weighted by Gasteiger charge is -2.49. The Morgan fingerprint density at radius 1 is 1.39 bits per heavy atom. The molecule has 1 saturated heterocycles. The maximum Gasteiger partial charge on any atom is 0.246 e. The van der Waals surface area contributed by atoms with Crippen molar-refractivity contribution in [2.24, 2.45) is 0 Å². The molecule has 8 heteroatoms. The topological polar surface area (TPSA) is 84.9 Å². The van der Waals surface area contributed by atoms with Gasteiger partial charge in [0.15, 0.2) is 9.84 Å². The Balaban J connectivity index is 1.72. The molecule has 1 heterocycles. The molecule has 1 spiro atoms. The number of hydrogen-bond acceptors (Lipinski definition) is 6. The van der Waals surface area contributed by atoms with Crippen molar-refractivity contribution in [2.75, 3.05) is 39.7 Å². The number of ether oxygens (including phenoxy) is 2. The van der Waals surface area contributed by atoms with E-state index in [1.54, 1.807) is 18.2 Å². The standard InChI is InChI=1S/C20H30N2O5S/c1-26-14-19(23)21-18-8-3-4-9-20(18)15-22(10-11-27-20)13-16-6-5-7-17(12-16)28(2,24)25/h5-7,12,18H,3-4,8-11,13-15H2,1-2H3,(H,21,23). The fourth-order valence-electron chi connectivity index (χ4n) is 4.29. The molecule has 1 amide bonds. The molecule has 2 atom stereocenters. The van der Waals surface area contributed by atoms with E-state index < -0.39 is 15.4 Å². The summed E-state index contributed by atoms with van der Waals surface area (Å²) in [6.07, 6.45) is 5.18. The van der Waals surface area contributed by atoms with Gasteiger partial charge in [-0.15, -0.1) is 0 Å². The van der Waals surface area contributed by atoms with Crippen LogP contribution in [0.2, 0.25) is 0 Å². The molecule has 7 nitrogen and oxygen atoms in total. The Hall–Kier alpha value is -1.48. The molecular weight excluding hydrogens is 380 g/mol. The first-order chi connectivity index (χ1) is 13.3. The van der Waals surface area contributed by atoms with Gasteiger partial charge in [-0.1, -0.05) is 25.0 Å². The number of nitrogens with zero attached hydrogens (tertiary/aromatic N) is 1. The van der Waals surface area contributed by atoms with E-state index in [2.05, 4.69) is 10.2 Å². The van der Waals surface area contributed by atoms with Gasteiger partial charge in [0.25, 0.3) is 0 Å². The summed E-state index contributed by atoms with van der Waals surface area (Å²) >= 11 is 0. The first kappa shape index (κ1) is 21.2. The van der Waals surface area contributed by atoms with Crippen molar-refractivity contribution < 1.29 is 22.7 Å². The number of sulfone groups is 1. The van der Waals surface area contributed by atoms with E-state index in [4.69, 9.17) is 9.47 Å². The summed E-state index contributed by atoms with van der Waals surface area (Å²) in [5, 5.41) is 3.10. The van der Waals surface area contributed by atoms with Crippen LogP contribution in [0, 0.1) is 0 Å². The molecule has 2 fully saturated rings. The Morgan fingerprint density at radius 3 is 2.96 bits per heavy atom. The number of hydrogen-bond donors (Lipinski definition) is 1. The van der Waals surface area contributed by atoms with Gasteiger partial charge in [0.05, 0.1) is 17.5 Å². The lowest BCUT2D eigenvalue weighted by molar-refractivity contribution is -0.152. The third-order valence-corrected chi connectivity index (χ3v) is 6.72. The highest BCUT2D eigenvalue weighted by molar-refractivity contribution is 7.90. The van der Waals surface area contributed by atoms with E-state index in [0.717, 1.165) is 37.8 Å². The lowest BCUT2D eigenvalue weighted by Crippen LogP contribution is -2.64. The van der Waals surface area contributed by atoms with E-state index in [1.165, 1.54) is 13.4 Å². The van der Waals surface area contributed by atoms with Crippen LogP contribution in [0.3, 0.4) is 0 Å². The van der Waals surface area contributed by atoms with Crippen LogP contribution in [-0.2, 0) is 30.7 Å². The Kier molecular flexibility index (Phi) is 6.75. The first-order valence-electron chi connectivity index (χ1n) is 9.76. The van der Waals surface area contributed by atoms with Crippen LogP contribution in [0.1, 0.15) is 31.2 Å². The molecule has 0 aromatic heterocycles. The van der Waals surface area contributed by atoms with Crippen LogP contribution in [0.25, 0.3) is 0 Å². The largest absolute Gasteiger partial charge is 0.375 e. The Bertz CT molecular complexity index is 794. The van der Waals surface area contributed by atoms with Gasteiger partial charge in [0.1, 0.15) is 12.2 Å². The number of morpholine rings is 1. The van der Waals surface area contributed by atoms with Gasteiger partial charge in [-0.2, -0.15) is 0 Å². The minimum atomic E-state index is -3.22. The van der Waals surface area contributed by atoms with Crippen LogP contribution in [0.4, 0.5) is 0 Å². The SMILES string of the molecule is COCC(=O)NC1CCCCC12CN(Cc1cccc(S(C)(=O)=O)c1)CCO2. The average Bonchev–Trinajstić information content (AvgIpc) is 2.64. The monoisotopic (exact) mass is 410 g/mol. The van der Waals surface area contributed by atoms with Gasteiger partial charge in [-0.3, -0.25) is 9.69 Å². The van der Waals surface area contributed by atoms with Gasteiger partial charge in [-0.25, -0.2) is 8.42 Å². The number of nitrogens with one attached hydrogen (secondary N) is 1. The van der Waals surface area contributed by atoms with E-state index in [-0.39, 0.29) is 18.6 Å². The van der Waals surface area contributed by atoms with Crippen LogP contribution in [0.5, 0.6) is 0 Å². The second kappa shape index (κ2) is 8.90. The van der Waals surface area contributed by atoms with Crippen LogP contribution in [-0.4, -0.2) is 70.5 Å². The summed E-state index contributed by atoms with van der Waals surface area (Å²) < 4.78 is 34.9. The summed E-state index contributed by atoms with van der Waals surface area (Å²) in [4.78, 5) is 14.7. The number of carbonyl (C=O) groups excluding carboxylic acids is 1.